The van der Waals surface area contributed by atoms with E-state index in [1.807, 2.05) is 6.92 Å². The lowest BCUT2D eigenvalue weighted by atomic mass is 10.3. The number of amides is 1. The first kappa shape index (κ1) is 11.8. The Balaban J connectivity index is 2.41. The molecule has 0 spiro atoms. The first-order valence-electron chi connectivity index (χ1n) is 5.03. The Kier molecular flexibility index (Phi) is 2.97. The minimum Gasteiger partial charge on any atom is -0.465 e. The van der Waals surface area contributed by atoms with Gasteiger partial charge in [-0.2, -0.15) is 0 Å². The Bertz CT molecular complexity index is 506. The predicted octanol–water partition coefficient (Wildman–Crippen LogP) is 1.15. The Morgan fingerprint density at radius 2 is 2.18 bits per heavy atom. The van der Waals surface area contributed by atoms with E-state index in [0.717, 1.165) is 4.88 Å². The number of anilines is 1. The van der Waals surface area contributed by atoms with Crippen LogP contribution in [0.15, 0.2) is 6.07 Å². The van der Waals surface area contributed by atoms with Crippen LogP contribution in [-0.4, -0.2) is 31.3 Å². The van der Waals surface area contributed by atoms with E-state index >= 15 is 0 Å². The highest BCUT2D eigenvalue weighted by atomic mass is 32.1. The second-order valence-corrected chi connectivity index (χ2v) is 5.01. The number of carbonyl (C=O) groups is 3. The monoisotopic (exact) mass is 253 g/mol. The number of rotatable bonds is 2. The molecule has 1 aromatic heterocycles. The van der Waals surface area contributed by atoms with Crippen LogP contribution < -0.4 is 4.90 Å². The fourth-order valence-electron chi connectivity index (χ4n) is 1.74. The van der Waals surface area contributed by atoms with Gasteiger partial charge in [-0.1, -0.05) is 0 Å². The fraction of sp³-hybridized carbons (Fsp3) is 0.364. The Morgan fingerprint density at radius 1 is 1.47 bits per heavy atom. The van der Waals surface area contributed by atoms with E-state index in [2.05, 4.69) is 4.74 Å². The minimum atomic E-state index is -0.481. The van der Waals surface area contributed by atoms with Crippen LogP contribution in [-0.2, 0) is 14.3 Å². The number of hydrogen-bond donors (Lipinski definition) is 0. The fourth-order valence-corrected chi connectivity index (χ4v) is 2.68. The van der Waals surface area contributed by atoms with E-state index in [1.54, 1.807) is 6.07 Å². The molecule has 1 aliphatic rings. The summed E-state index contributed by atoms with van der Waals surface area (Å²) in [6, 6.07) is 1.73. The smallest absolute Gasteiger partial charge is 0.350 e. The molecule has 17 heavy (non-hydrogen) atoms. The van der Waals surface area contributed by atoms with Crippen LogP contribution in [0, 0.1) is 6.92 Å². The summed E-state index contributed by atoms with van der Waals surface area (Å²) in [5.41, 5.74) is 0.482. The lowest BCUT2D eigenvalue weighted by Crippen LogP contribution is -2.25. The van der Waals surface area contributed by atoms with Crippen molar-refractivity contribution < 1.29 is 19.1 Å². The molecule has 0 atom stereocenters. The molecule has 2 rings (SSSR count). The van der Waals surface area contributed by atoms with Crippen molar-refractivity contribution in [1.29, 1.82) is 0 Å². The third-order valence-corrected chi connectivity index (χ3v) is 3.50. The first-order valence-corrected chi connectivity index (χ1v) is 5.85. The van der Waals surface area contributed by atoms with Crippen LogP contribution >= 0.6 is 11.3 Å². The number of nitrogens with zero attached hydrogens (tertiary/aromatic N) is 1. The molecule has 1 fully saturated rings. The van der Waals surface area contributed by atoms with Gasteiger partial charge >= 0.3 is 5.97 Å². The molecule has 0 saturated carbocycles. The Labute approximate surface area is 102 Å². The number of ketones is 1. The third-order valence-electron chi connectivity index (χ3n) is 2.48. The zero-order chi connectivity index (χ0) is 12.6. The maximum absolute atomic E-state index is 11.6. The van der Waals surface area contributed by atoms with Gasteiger partial charge in [-0.25, -0.2) is 4.79 Å². The van der Waals surface area contributed by atoms with Gasteiger partial charge in [-0.3, -0.25) is 9.59 Å². The molecule has 0 unspecified atom stereocenters. The Morgan fingerprint density at radius 3 is 2.71 bits per heavy atom. The quantitative estimate of drug-likeness (QED) is 0.586. The third kappa shape index (κ3) is 2.08. The van der Waals surface area contributed by atoms with Crippen LogP contribution in [0.3, 0.4) is 0 Å². The number of thiophene rings is 1. The summed E-state index contributed by atoms with van der Waals surface area (Å²) in [6.45, 7) is 1.88. The minimum absolute atomic E-state index is 0.0407. The van der Waals surface area contributed by atoms with Gasteiger partial charge in [0.2, 0.25) is 5.91 Å². The van der Waals surface area contributed by atoms with Crippen molar-refractivity contribution in [3.8, 4) is 0 Å². The summed E-state index contributed by atoms with van der Waals surface area (Å²) in [5, 5.41) is 0. The van der Waals surface area contributed by atoms with Gasteiger partial charge in [0.25, 0.3) is 0 Å². The van der Waals surface area contributed by atoms with Gasteiger partial charge in [0.1, 0.15) is 4.88 Å². The molecule has 0 radical (unpaired) electrons. The van der Waals surface area contributed by atoms with Crippen molar-refractivity contribution in [3.63, 3.8) is 0 Å². The Hall–Kier alpha value is -1.69. The maximum Gasteiger partial charge on any atom is 0.350 e. The summed E-state index contributed by atoms with van der Waals surface area (Å²) >= 11 is 1.26. The molecular formula is C11H11NO4S. The van der Waals surface area contributed by atoms with E-state index in [1.165, 1.54) is 23.3 Å². The topological polar surface area (TPSA) is 63.7 Å². The van der Waals surface area contributed by atoms with E-state index in [4.69, 9.17) is 0 Å². The van der Waals surface area contributed by atoms with Gasteiger partial charge in [-0.05, 0) is 13.0 Å². The summed E-state index contributed by atoms with van der Waals surface area (Å²) in [4.78, 5) is 37.0. The number of hydrogen-bond acceptors (Lipinski definition) is 5. The number of aryl methyl sites for hydroxylation is 1. The molecule has 6 heteroatoms. The molecule has 1 aliphatic heterocycles. The van der Waals surface area contributed by atoms with Gasteiger partial charge in [0.05, 0.1) is 25.8 Å². The van der Waals surface area contributed by atoms with Gasteiger partial charge in [-0.15, -0.1) is 11.3 Å². The zero-order valence-corrected chi connectivity index (χ0v) is 10.3. The van der Waals surface area contributed by atoms with Crippen LogP contribution in [0.4, 0.5) is 5.69 Å². The van der Waals surface area contributed by atoms with Crippen molar-refractivity contribution in [2.45, 2.75) is 13.3 Å². The van der Waals surface area contributed by atoms with Crippen LogP contribution in [0.25, 0.3) is 0 Å². The number of methoxy groups -OCH3 is 1. The van der Waals surface area contributed by atoms with Crippen molar-refractivity contribution in [1.82, 2.24) is 0 Å². The van der Waals surface area contributed by atoms with Gasteiger partial charge in [0, 0.05) is 4.88 Å². The normalized spacial score (nSPS) is 15.5. The molecule has 2 heterocycles. The van der Waals surface area contributed by atoms with Gasteiger partial charge in [0.15, 0.2) is 5.78 Å². The molecule has 0 bridgehead atoms. The first-order chi connectivity index (χ1) is 8.02. The summed E-state index contributed by atoms with van der Waals surface area (Å²) < 4.78 is 4.66. The SMILES string of the molecule is COC(=O)c1sc(C)cc1N1CC(=O)CC1=O. The summed E-state index contributed by atoms with van der Waals surface area (Å²) in [5.74, 6) is -0.877. The molecule has 0 aromatic carbocycles. The van der Waals surface area contributed by atoms with E-state index in [9.17, 15) is 14.4 Å². The standard InChI is InChI=1S/C11H11NO4S/c1-6-3-8(10(17-6)11(15)16-2)12-5-7(13)4-9(12)14/h3H,4-5H2,1-2H3. The summed E-state index contributed by atoms with van der Waals surface area (Å²) in [7, 11) is 1.29. The number of ether oxygens (including phenoxy) is 1. The van der Waals surface area contributed by atoms with E-state index < -0.39 is 5.97 Å². The van der Waals surface area contributed by atoms with E-state index in [-0.39, 0.29) is 24.7 Å². The number of esters is 1. The molecule has 1 amide bonds. The largest absolute Gasteiger partial charge is 0.465 e. The molecular weight excluding hydrogens is 242 g/mol. The lowest BCUT2D eigenvalue weighted by Gasteiger charge is -2.14. The molecule has 90 valence electrons. The van der Waals surface area contributed by atoms with Crippen molar-refractivity contribution in [2.24, 2.45) is 0 Å². The second kappa shape index (κ2) is 4.29. The maximum atomic E-state index is 11.6. The van der Waals surface area contributed by atoms with Crippen LogP contribution in [0.5, 0.6) is 0 Å². The number of Topliss-reactive ketones (excluding diaryl/α,β-unsaturated/α-hetero) is 1. The van der Waals surface area contributed by atoms with Crippen LogP contribution in [0.2, 0.25) is 0 Å². The van der Waals surface area contributed by atoms with Crippen molar-refractivity contribution in [2.75, 3.05) is 18.6 Å². The highest BCUT2D eigenvalue weighted by molar-refractivity contribution is 7.14. The van der Waals surface area contributed by atoms with Crippen molar-refractivity contribution >= 4 is 34.7 Å². The van der Waals surface area contributed by atoms with Gasteiger partial charge < -0.3 is 9.64 Å². The van der Waals surface area contributed by atoms with Crippen LogP contribution in [0.1, 0.15) is 21.0 Å². The predicted molar refractivity (Wildman–Crippen MR) is 62.4 cm³/mol. The average Bonchev–Trinajstić information content (AvgIpc) is 2.80. The highest BCUT2D eigenvalue weighted by Gasteiger charge is 2.32. The highest BCUT2D eigenvalue weighted by Crippen LogP contribution is 2.32. The molecule has 5 nitrogen and oxygen atoms in total. The lowest BCUT2D eigenvalue weighted by molar-refractivity contribution is -0.121. The van der Waals surface area contributed by atoms with E-state index in [0.29, 0.717) is 10.6 Å². The average molecular weight is 253 g/mol. The molecule has 0 N–H and O–H groups in total. The molecule has 1 saturated heterocycles. The summed E-state index contributed by atoms with van der Waals surface area (Å²) in [6.07, 6.45) is -0.0878. The molecule has 0 aliphatic carbocycles. The number of carbonyl (C=O) groups excluding carboxylic acids is 3. The molecule has 1 aromatic rings. The van der Waals surface area contributed by atoms with Crippen molar-refractivity contribution in [3.05, 3.63) is 15.8 Å². The second-order valence-electron chi connectivity index (χ2n) is 3.76. The zero-order valence-electron chi connectivity index (χ0n) is 9.48.